The molecule has 1 fully saturated rings. The zero-order valence-electron chi connectivity index (χ0n) is 4.76. The van der Waals surface area contributed by atoms with E-state index in [1.54, 1.807) is 0 Å². The van der Waals surface area contributed by atoms with Gasteiger partial charge in [-0.05, 0) is 6.92 Å². The molecule has 0 saturated carbocycles. The number of ether oxygens (including phenoxy) is 2. The van der Waals surface area contributed by atoms with Gasteiger partial charge in [0.05, 0.1) is 18.6 Å². The van der Waals surface area contributed by atoms with Gasteiger partial charge in [0, 0.05) is 0 Å². The fraction of sp³-hybridized carbons (Fsp3) is 1.00. The average Bonchev–Trinajstić information content (AvgIpc) is 2.14. The van der Waals surface area contributed by atoms with Crippen molar-refractivity contribution in [3.05, 3.63) is 0 Å². The van der Waals surface area contributed by atoms with Gasteiger partial charge in [0.15, 0.2) is 6.29 Å². The Labute approximate surface area is 53.7 Å². The molecule has 48 valence electrons. The molecule has 1 rings (SSSR count). The maximum atomic E-state index is 5.42. The molecule has 2 nitrogen and oxygen atoms in total. The van der Waals surface area contributed by atoms with Crippen molar-refractivity contribution in [1.29, 1.82) is 0 Å². The molecule has 3 heteroatoms. The van der Waals surface area contributed by atoms with Crippen molar-refractivity contribution in [3.63, 3.8) is 0 Å². The Hall–Kier alpha value is 0.210. The predicted molar refractivity (Wildman–Crippen MR) is 31.0 cm³/mol. The van der Waals surface area contributed by atoms with Crippen molar-refractivity contribution in [3.8, 4) is 0 Å². The molecule has 1 aliphatic rings. The van der Waals surface area contributed by atoms with Crippen LogP contribution >= 0.6 is 11.6 Å². The van der Waals surface area contributed by atoms with E-state index in [9.17, 15) is 0 Å². The summed E-state index contributed by atoms with van der Waals surface area (Å²) in [7, 11) is 0. The molecule has 0 radical (unpaired) electrons. The second-order valence-electron chi connectivity index (χ2n) is 1.86. The monoisotopic (exact) mass is 136 g/mol. The Morgan fingerprint density at radius 2 is 2.50 bits per heavy atom. The molecule has 0 bridgehead atoms. The van der Waals surface area contributed by atoms with Crippen molar-refractivity contribution in [1.82, 2.24) is 0 Å². The van der Waals surface area contributed by atoms with E-state index in [1.807, 2.05) is 6.92 Å². The van der Waals surface area contributed by atoms with E-state index >= 15 is 0 Å². The molecule has 1 aliphatic heterocycles. The summed E-state index contributed by atoms with van der Waals surface area (Å²) in [5, 5.41) is 0. The van der Waals surface area contributed by atoms with Crippen molar-refractivity contribution in [2.45, 2.75) is 19.3 Å². The summed E-state index contributed by atoms with van der Waals surface area (Å²) in [5.41, 5.74) is 0. The van der Waals surface area contributed by atoms with Gasteiger partial charge in [-0.25, -0.2) is 0 Å². The quantitative estimate of drug-likeness (QED) is 0.501. The van der Waals surface area contributed by atoms with E-state index in [-0.39, 0.29) is 12.4 Å². The Bertz CT molecular complexity index is 76.8. The minimum absolute atomic E-state index is 0.160. The summed E-state index contributed by atoms with van der Waals surface area (Å²) in [6, 6.07) is 0. The van der Waals surface area contributed by atoms with Gasteiger partial charge in [-0.2, -0.15) is 0 Å². The molecule has 0 aromatic rings. The summed E-state index contributed by atoms with van der Waals surface area (Å²) in [5.74, 6) is 0.435. The Morgan fingerprint density at radius 3 is 2.75 bits per heavy atom. The van der Waals surface area contributed by atoms with Crippen LogP contribution in [0.15, 0.2) is 0 Å². The molecule has 2 atom stereocenters. The molecule has 0 aliphatic carbocycles. The van der Waals surface area contributed by atoms with Crippen molar-refractivity contribution in [2.24, 2.45) is 0 Å². The topological polar surface area (TPSA) is 18.5 Å². The predicted octanol–water partition coefficient (Wildman–Crippen LogP) is 0.987. The van der Waals surface area contributed by atoms with Gasteiger partial charge in [-0.3, -0.25) is 0 Å². The first-order valence-electron chi connectivity index (χ1n) is 2.66. The molecule has 0 aromatic carbocycles. The summed E-state index contributed by atoms with van der Waals surface area (Å²) in [4.78, 5) is 0. The van der Waals surface area contributed by atoms with Crippen LogP contribution in [-0.4, -0.2) is 24.9 Å². The lowest BCUT2D eigenvalue weighted by Gasteiger charge is -2.02. The van der Waals surface area contributed by atoms with Gasteiger partial charge >= 0.3 is 0 Å². The Morgan fingerprint density at radius 1 is 1.75 bits per heavy atom. The maximum absolute atomic E-state index is 5.42. The van der Waals surface area contributed by atoms with Gasteiger partial charge in [0.2, 0.25) is 0 Å². The van der Waals surface area contributed by atoms with E-state index in [4.69, 9.17) is 21.1 Å². The van der Waals surface area contributed by atoms with Crippen molar-refractivity contribution in [2.75, 3.05) is 12.5 Å². The third-order valence-corrected chi connectivity index (χ3v) is 1.28. The van der Waals surface area contributed by atoms with Crippen LogP contribution in [0.2, 0.25) is 0 Å². The van der Waals surface area contributed by atoms with Gasteiger partial charge in [0.25, 0.3) is 0 Å². The average molecular weight is 137 g/mol. The molecule has 0 amide bonds. The van der Waals surface area contributed by atoms with Crippen LogP contribution < -0.4 is 0 Å². The second-order valence-corrected chi connectivity index (χ2v) is 2.17. The van der Waals surface area contributed by atoms with Gasteiger partial charge in [0.1, 0.15) is 0 Å². The van der Waals surface area contributed by atoms with Crippen LogP contribution in [0.3, 0.4) is 0 Å². The Kier molecular flexibility index (Phi) is 2.11. The fourth-order valence-electron chi connectivity index (χ4n) is 0.661. The first-order chi connectivity index (χ1) is 3.83. The fourth-order valence-corrected chi connectivity index (χ4v) is 0.823. The number of hydrogen-bond donors (Lipinski definition) is 0. The molecular formula is C5H9ClO2. The Balaban J connectivity index is 2.22. The minimum atomic E-state index is -0.160. The summed E-state index contributed by atoms with van der Waals surface area (Å²) in [6.07, 6.45) is 0.0606. The first kappa shape index (κ1) is 6.33. The normalized spacial score (nSPS) is 38.2. The number of rotatable bonds is 1. The van der Waals surface area contributed by atoms with Crippen LogP contribution in [0.5, 0.6) is 0 Å². The molecule has 0 aromatic heterocycles. The minimum Gasteiger partial charge on any atom is -0.349 e. The number of halogens is 1. The summed E-state index contributed by atoms with van der Waals surface area (Å²) >= 11 is 5.42. The highest BCUT2D eigenvalue weighted by Gasteiger charge is 2.20. The molecular weight excluding hydrogens is 128 g/mol. The standard InChI is InChI=1S/C5H9ClO2/c1-4-3-7-5(2-6)8-4/h4-5H,2-3H2,1H3/t4-,5?/m1/s1. The lowest BCUT2D eigenvalue weighted by atomic mass is 10.5. The van der Waals surface area contributed by atoms with Gasteiger partial charge in [-0.1, -0.05) is 0 Å². The van der Waals surface area contributed by atoms with Crippen LogP contribution in [0.25, 0.3) is 0 Å². The lowest BCUT2D eigenvalue weighted by molar-refractivity contribution is -0.0361. The number of hydrogen-bond acceptors (Lipinski definition) is 2. The third-order valence-electron chi connectivity index (χ3n) is 1.03. The van der Waals surface area contributed by atoms with Crippen LogP contribution in [0.4, 0.5) is 0 Å². The highest BCUT2D eigenvalue weighted by molar-refractivity contribution is 6.18. The molecule has 1 heterocycles. The van der Waals surface area contributed by atoms with Crippen LogP contribution in [0, 0.1) is 0 Å². The summed E-state index contributed by atoms with van der Waals surface area (Å²) < 4.78 is 10.2. The zero-order chi connectivity index (χ0) is 5.98. The van der Waals surface area contributed by atoms with Crippen molar-refractivity contribution < 1.29 is 9.47 Å². The first-order valence-corrected chi connectivity index (χ1v) is 3.19. The van der Waals surface area contributed by atoms with E-state index in [0.717, 1.165) is 0 Å². The molecule has 1 saturated heterocycles. The third kappa shape index (κ3) is 1.34. The molecule has 0 N–H and O–H groups in total. The van der Waals surface area contributed by atoms with Crippen molar-refractivity contribution >= 4 is 11.6 Å². The van der Waals surface area contributed by atoms with E-state index in [1.165, 1.54) is 0 Å². The van der Waals surface area contributed by atoms with Gasteiger partial charge in [-0.15, -0.1) is 11.6 Å². The SMILES string of the molecule is C[C@@H]1COC(CCl)O1. The molecule has 0 spiro atoms. The van der Waals surface area contributed by atoms with Crippen LogP contribution in [-0.2, 0) is 9.47 Å². The smallest absolute Gasteiger partial charge is 0.171 e. The van der Waals surface area contributed by atoms with E-state index < -0.39 is 0 Å². The lowest BCUT2D eigenvalue weighted by Crippen LogP contribution is -2.10. The highest BCUT2D eigenvalue weighted by atomic mass is 35.5. The van der Waals surface area contributed by atoms with E-state index in [2.05, 4.69) is 0 Å². The largest absolute Gasteiger partial charge is 0.349 e. The van der Waals surface area contributed by atoms with E-state index in [0.29, 0.717) is 12.5 Å². The molecule has 8 heavy (non-hydrogen) atoms. The highest BCUT2D eigenvalue weighted by Crippen LogP contribution is 2.10. The maximum Gasteiger partial charge on any atom is 0.171 e. The second kappa shape index (κ2) is 2.67. The van der Waals surface area contributed by atoms with Crippen LogP contribution in [0.1, 0.15) is 6.92 Å². The van der Waals surface area contributed by atoms with Gasteiger partial charge < -0.3 is 9.47 Å². The number of alkyl halides is 1. The zero-order valence-corrected chi connectivity index (χ0v) is 5.52. The summed E-state index contributed by atoms with van der Waals surface area (Å²) in [6.45, 7) is 2.64. The molecule has 1 unspecified atom stereocenters.